The third-order valence-corrected chi connectivity index (χ3v) is 7.14. The van der Waals surface area contributed by atoms with Crippen LogP contribution in [0.1, 0.15) is 0 Å². The van der Waals surface area contributed by atoms with Gasteiger partial charge in [0, 0.05) is 32.6 Å². The van der Waals surface area contributed by atoms with E-state index in [1.165, 1.54) is 0 Å². The van der Waals surface area contributed by atoms with Crippen molar-refractivity contribution >= 4 is 44.8 Å². The van der Waals surface area contributed by atoms with Gasteiger partial charge in [0.05, 0.1) is 33.8 Å². The van der Waals surface area contributed by atoms with Crippen LogP contribution in [0.5, 0.6) is 0 Å². The summed E-state index contributed by atoms with van der Waals surface area (Å²) in [5, 5.41) is 11.6. The van der Waals surface area contributed by atoms with Gasteiger partial charge in [-0.25, -0.2) is 9.67 Å². The standard InChI is InChI=1S/C34H23ClN4/c35-25-18-14-24(15-19-25)33-22-32(38-39(33)27-8-2-1-3-9-27)23-16-20-26(21-17-23)36-34-28-10-4-6-12-30(28)37-31-13-7-5-11-29(31)34/h1-22H,(H,36,37). The van der Waals surface area contributed by atoms with Crippen LogP contribution in [0.2, 0.25) is 5.02 Å². The molecule has 0 aliphatic rings. The molecule has 0 saturated heterocycles. The van der Waals surface area contributed by atoms with Crippen molar-refractivity contribution < 1.29 is 0 Å². The molecule has 0 atom stereocenters. The molecule has 2 heterocycles. The number of hydrogen-bond donors (Lipinski definition) is 1. The molecule has 2 aromatic heterocycles. The van der Waals surface area contributed by atoms with Crippen LogP contribution in [0, 0.1) is 0 Å². The molecule has 4 nitrogen and oxygen atoms in total. The molecule has 0 unspecified atom stereocenters. The Labute approximate surface area is 231 Å². The summed E-state index contributed by atoms with van der Waals surface area (Å²) in [6, 6.07) is 45.1. The van der Waals surface area contributed by atoms with E-state index >= 15 is 0 Å². The maximum atomic E-state index is 6.16. The second-order valence-corrected chi connectivity index (χ2v) is 9.83. The zero-order chi connectivity index (χ0) is 26.2. The average molecular weight is 523 g/mol. The van der Waals surface area contributed by atoms with Gasteiger partial charge in [0.15, 0.2) is 0 Å². The van der Waals surface area contributed by atoms with E-state index in [1.54, 1.807) is 0 Å². The predicted molar refractivity (Wildman–Crippen MR) is 162 cm³/mol. The Hall–Kier alpha value is -4.93. The minimum absolute atomic E-state index is 0.711. The van der Waals surface area contributed by atoms with Crippen LogP contribution in [0.25, 0.3) is 50.0 Å². The average Bonchev–Trinajstić information content (AvgIpc) is 3.44. The first-order valence-corrected chi connectivity index (χ1v) is 13.2. The van der Waals surface area contributed by atoms with Crippen LogP contribution in [0.4, 0.5) is 11.4 Å². The highest BCUT2D eigenvalue weighted by Crippen LogP contribution is 2.34. The smallest absolute Gasteiger partial charge is 0.0934 e. The van der Waals surface area contributed by atoms with Crippen molar-refractivity contribution in [3.8, 4) is 28.2 Å². The fourth-order valence-corrected chi connectivity index (χ4v) is 5.08. The third kappa shape index (κ3) is 4.41. The second kappa shape index (κ2) is 9.75. The van der Waals surface area contributed by atoms with Crippen molar-refractivity contribution in [3.63, 3.8) is 0 Å². The van der Waals surface area contributed by atoms with Crippen LogP contribution < -0.4 is 5.32 Å². The first kappa shape index (κ1) is 23.2. The number of aromatic nitrogens is 3. The zero-order valence-corrected chi connectivity index (χ0v) is 21.7. The number of nitrogens with one attached hydrogen (secondary N) is 1. The molecular weight excluding hydrogens is 500 g/mol. The van der Waals surface area contributed by atoms with E-state index in [0.29, 0.717) is 5.02 Å². The molecule has 5 aromatic carbocycles. The van der Waals surface area contributed by atoms with Gasteiger partial charge in [0.25, 0.3) is 0 Å². The van der Waals surface area contributed by atoms with Crippen LogP contribution >= 0.6 is 11.6 Å². The van der Waals surface area contributed by atoms with Gasteiger partial charge in [-0.05, 0) is 54.6 Å². The van der Waals surface area contributed by atoms with Gasteiger partial charge >= 0.3 is 0 Å². The van der Waals surface area contributed by atoms with Crippen molar-refractivity contribution in [2.75, 3.05) is 5.32 Å². The van der Waals surface area contributed by atoms with Gasteiger partial charge in [-0.1, -0.05) is 90.5 Å². The van der Waals surface area contributed by atoms with Crippen LogP contribution in [0.15, 0.2) is 133 Å². The van der Waals surface area contributed by atoms with Crippen molar-refractivity contribution in [1.29, 1.82) is 0 Å². The van der Waals surface area contributed by atoms with Crippen molar-refractivity contribution in [2.24, 2.45) is 0 Å². The first-order valence-electron chi connectivity index (χ1n) is 12.8. The molecule has 0 fully saturated rings. The number of hydrogen-bond acceptors (Lipinski definition) is 3. The topological polar surface area (TPSA) is 42.7 Å². The number of halogens is 1. The number of para-hydroxylation sites is 3. The van der Waals surface area contributed by atoms with Crippen LogP contribution in [-0.4, -0.2) is 14.8 Å². The summed E-state index contributed by atoms with van der Waals surface area (Å²) in [7, 11) is 0. The van der Waals surface area contributed by atoms with Crippen molar-refractivity contribution in [3.05, 3.63) is 138 Å². The molecule has 186 valence electrons. The summed E-state index contributed by atoms with van der Waals surface area (Å²) in [5.41, 5.74) is 8.99. The largest absolute Gasteiger partial charge is 0.354 e. The van der Waals surface area contributed by atoms with Gasteiger partial charge in [0.2, 0.25) is 0 Å². The van der Waals surface area contributed by atoms with E-state index in [-0.39, 0.29) is 0 Å². The van der Waals surface area contributed by atoms with E-state index in [0.717, 1.165) is 61.4 Å². The fourth-order valence-electron chi connectivity index (χ4n) is 4.96. The van der Waals surface area contributed by atoms with Gasteiger partial charge in [-0.3, -0.25) is 0 Å². The number of nitrogens with zero attached hydrogens (tertiary/aromatic N) is 3. The van der Waals surface area contributed by atoms with Crippen LogP contribution in [-0.2, 0) is 0 Å². The van der Waals surface area contributed by atoms with E-state index in [2.05, 4.69) is 72.0 Å². The number of benzene rings is 5. The summed E-state index contributed by atoms with van der Waals surface area (Å²) < 4.78 is 1.99. The Bertz CT molecular complexity index is 1870. The molecule has 7 aromatic rings. The molecule has 0 bridgehead atoms. The normalized spacial score (nSPS) is 11.2. The molecular formula is C34H23ClN4. The quantitative estimate of drug-likeness (QED) is 0.229. The van der Waals surface area contributed by atoms with E-state index in [1.807, 2.05) is 71.4 Å². The first-order chi connectivity index (χ1) is 19.2. The number of fused-ring (bicyclic) bond motifs is 2. The molecule has 1 N–H and O–H groups in total. The molecule has 0 spiro atoms. The summed E-state index contributed by atoms with van der Waals surface area (Å²) in [6.45, 7) is 0. The molecule has 5 heteroatoms. The minimum Gasteiger partial charge on any atom is -0.354 e. The molecule has 0 saturated carbocycles. The Morgan fingerprint density at radius 1 is 0.590 bits per heavy atom. The molecule has 0 amide bonds. The SMILES string of the molecule is Clc1ccc(-c2cc(-c3ccc(Nc4c5ccccc5nc5ccccc45)cc3)nn2-c2ccccc2)cc1. The lowest BCUT2D eigenvalue weighted by Crippen LogP contribution is -1.98. The number of anilines is 2. The highest BCUT2D eigenvalue weighted by Gasteiger charge is 2.14. The lowest BCUT2D eigenvalue weighted by atomic mass is 10.1. The molecule has 39 heavy (non-hydrogen) atoms. The lowest BCUT2D eigenvalue weighted by molar-refractivity contribution is 0.892. The van der Waals surface area contributed by atoms with Crippen molar-refractivity contribution in [2.45, 2.75) is 0 Å². The minimum atomic E-state index is 0.711. The Morgan fingerprint density at radius 2 is 1.18 bits per heavy atom. The molecule has 0 radical (unpaired) electrons. The fraction of sp³-hybridized carbons (Fsp3) is 0. The van der Waals surface area contributed by atoms with Crippen LogP contribution in [0.3, 0.4) is 0 Å². The summed E-state index contributed by atoms with van der Waals surface area (Å²) in [6.07, 6.45) is 0. The highest BCUT2D eigenvalue weighted by atomic mass is 35.5. The summed E-state index contributed by atoms with van der Waals surface area (Å²) >= 11 is 6.16. The van der Waals surface area contributed by atoms with Crippen molar-refractivity contribution in [1.82, 2.24) is 14.8 Å². The predicted octanol–water partition coefficient (Wildman–Crippen LogP) is 9.30. The summed E-state index contributed by atoms with van der Waals surface area (Å²) in [4.78, 5) is 4.84. The van der Waals surface area contributed by atoms with Gasteiger partial charge in [-0.2, -0.15) is 5.10 Å². The second-order valence-electron chi connectivity index (χ2n) is 9.39. The Morgan fingerprint density at radius 3 is 1.85 bits per heavy atom. The highest BCUT2D eigenvalue weighted by molar-refractivity contribution is 6.30. The molecule has 7 rings (SSSR count). The van der Waals surface area contributed by atoms with E-state index in [9.17, 15) is 0 Å². The number of pyridine rings is 1. The molecule has 0 aliphatic carbocycles. The maximum Gasteiger partial charge on any atom is 0.0934 e. The Balaban J connectivity index is 1.27. The van der Waals surface area contributed by atoms with Gasteiger partial charge in [-0.15, -0.1) is 0 Å². The van der Waals surface area contributed by atoms with Gasteiger partial charge in [0.1, 0.15) is 0 Å². The maximum absolute atomic E-state index is 6.16. The lowest BCUT2D eigenvalue weighted by Gasteiger charge is -2.13. The van der Waals surface area contributed by atoms with E-state index in [4.69, 9.17) is 21.7 Å². The number of rotatable bonds is 5. The van der Waals surface area contributed by atoms with Gasteiger partial charge < -0.3 is 5.32 Å². The Kier molecular flexibility index (Phi) is 5.80. The third-order valence-electron chi connectivity index (χ3n) is 6.89. The van der Waals surface area contributed by atoms with E-state index < -0.39 is 0 Å². The zero-order valence-electron chi connectivity index (χ0n) is 20.9. The summed E-state index contributed by atoms with van der Waals surface area (Å²) in [5.74, 6) is 0. The molecule has 0 aliphatic heterocycles. The monoisotopic (exact) mass is 522 g/mol.